The van der Waals surface area contributed by atoms with E-state index in [1.54, 1.807) is 0 Å². The fraction of sp³-hybridized carbons (Fsp3) is 0.375. The van der Waals surface area contributed by atoms with E-state index in [1.807, 2.05) is 46.3 Å². The summed E-state index contributed by atoms with van der Waals surface area (Å²) in [6.45, 7) is 9.35. The number of carbonyl (C=O) groups is 2. The third-order valence-electron chi connectivity index (χ3n) is 7.83. The lowest BCUT2D eigenvalue weighted by atomic mass is 10.0. The molecule has 0 aliphatic carbocycles. The van der Waals surface area contributed by atoms with Gasteiger partial charge in [0.05, 0.1) is 5.39 Å². The fourth-order valence-corrected chi connectivity index (χ4v) is 5.67. The van der Waals surface area contributed by atoms with E-state index >= 15 is 0 Å². The lowest BCUT2D eigenvalue weighted by Gasteiger charge is -2.44. The van der Waals surface area contributed by atoms with E-state index in [0.29, 0.717) is 25.2 Å². The van der Waals surface area contributed by atoms with Crippen LogP contribution in [0.1, 0.15) is 43.1 Å². The van der Waals surface area contributed by atoms with Crippen molar-refractivity contribution in [3.8, 4) is 0 Å². The van der Waals surface area contributed by atoms with Gasteiger partial charge in [0.25, 0.3) is 5.91 Å². The van der Waals surface area contributed by atoms with Gasteiger partial charge in [-0.05, 0) is 63.1 Å². The zero-order valence-corrected chi connectivity index (χ0v) is 24.1. The standard InChI is InChI=1S/C32H39N7O2/c1-23-21-39(24(2)20-37(23)17-8-11-26-9-5-4-6-10-26)32(41)27-12-7-13-28(19-27)38(18-16-33-25(3)40)31-29-14-15-34-30(29)35-22-36-31/h4-7,9-10,12-15,19,22-24H,8,11,16-18,20-21H2,1-3H3,(H,33,40)(H,34,35,36). The molecule has 1 fully saturated rings. The molecule has 1 aliphatic heterocycles. The maximum atomic E-state index is 13.8. The predicted molar refractivity (Wildman–Crippen MR) is 162 cm³/mol. The molecule has 0 bridgehead atoms. The van der Waals surface area contributed by atoms with Crippen LogP contribution in [0.5, 0.6) is 0 Å². The molecular weight excluding hydrogens is 514 g/mol. The second-order valence-corrected chi connectivity index (χ2v) is 10.9. The number of amides is 2. The molecule has 1 saturated heterocycles. The van der Waals surface area contributed by atoms with Crippen LogP contribution >= 0.6 is 0 Å². The Morgan fingerprint density at radius 3 is 2.66 bits per heavy atom. The van der Waals surface area contributed by atoms with Crippen molar-refractivity contribution in [1.82, 2.24) is 30.1 Å². The molecule has 0 spiro atoms. The second-order valence-electron chi connectivity index (χ2n) is 10.9. The second kappa shape index (κ2) is 13.0. The van der Waals surface area contributed by atoms with Crippen LogP contribution in [0, 0.1) is 0 Å². The van der Waals surface area contributed by atoms with Crippen LogP contribution in [0.4, 0.5) is 11.5 Å². The Balaban J connectivity index is 1.30. The molecule has 2 N–H and O–H groups in total. The number of aromatic amines is 1. The van der Waals surface area contributed by atoms with Crippen molar-refractivity contribution in [2.24, 2.45) is 0 Å². The van der Waals surface area contributed by atoms with E-state index in [9.17, 15) is 9.59 Å². The summed E-state index contributed by atoms with van der Waals surface area (Å²) >= 11 is 0. The Bertz CT molecular complexity index is 1470. The number of aryl methyl sites for hydroxylation is 1. The summed E-state index contributed by atoms with van der Waals surface area (Å²) in [6, 6.07) is 20.6. The molecule has 2 amide bonds. The highest BCUT2D eigenvalue weighted by molar-refractivity contribution is 5.96. The minimum absolute atomic E-state index is 0.0337. The van der Waals surface area contributed by atoms with Gasteiger partial charge in [0.1, 0.15) is 17.8 Å². The molecule has 9 heteroatoms. The fourth-order valence-electron chi connectivity index (χ4n) is 5.67. The summed E-state index contributed by atoms with van der Waals surface area (Å²) in [7, 11) is 0. The summed E-state index contributed by atoms with van der Waals surface area (Å²) in [4.78, 5) is 44.0. The quantitative estimate of drug-likeness (QED) is 0.302. The number of rotatable bonds is 10. The van der Waals surface area contributed by atoms with Gasteiger partial charge in [-0.3, -0.25) is 14.5 Å². The van der Waals surface area contributed by atoms with Gasteiger partial charge in [-0.1, -0.05) is 36.4 Å². The van der Waals surface area contributed by atoms with Crippen molar-refractivity contribution in [2.75, 3.05) is 37.6 Å². The number of hydrogen-bond acceptors (Lipinski definition) is 6. The summed E-state index contributed by atoms with van der Waals surface area (Å²) in [5.74, 6) is 0.661. The SMILES string of the molecule is CC(=O)NCCN(c1cccc(C(=O)N2CC(C)N(CCCc3ccccc3)CC2C)c1)c1ncnc2[nH]ccc12. The molecule has 2 aromatic carbocycles. The first-order valence-electron chi connectivity index (χ1n) is 14.4. The monoisotopic (exact) mass is 553 g/mol. The van der Waals surface area contributed by atoms with Crippen molar-refractivity contribution in [3.05, 3.63) is 84.3 Å². The van der Waals surface area contributed by atoms with Crippen LogP contribution < -0.4 is 10.2 Å². The maximum Gasteiger partial charge on any atom is 0.254 e. The minimum Gasteiger partial charge on any atom is -0.355 e. The Hall–Kier alpha value is -4.24. The van der Waals surface area contributed by atoms with Gasteiger partial charge in [-0.15, -0.1) is 0 Å². The van der Waals surface area contributed by atoms with Gasteiger partial charge < -0.3 is 20.1 Å². The van der Waals surface area contributed by atoms with Crippen LogP contribution in [-0.4, -0.2) is 81.4 Å². The predicted octanol–water partition coefficient (Wildman–Crippen LogP) is 4.40. The summed E-state index contributed by atoms with van der Waals surface area (Å²) in [5, 5.41) is 3.75. The zero-order chi connectivity index (χ0) is 28.8. The molecule has 0 saturated carbocycles. The molecular formula is C32H39N7O2. The van der Waals surface area contributed by atoms with Crippen molar-refractivity contribution in [3.63, 3.8) is 0 Å². The van der Waals surface area contributed by atoms with Gasteiger partial charge in [0.2, 0.25) is 5.91 Å². The number of hydrogen-bond donors (Lipinski definition) is 2. The molecule has 4 aromatic rings. The average Bonchev–Trinajstić information content (AvgIpc) is 3.47. The van der Waals surface area contributed by atoms with E-state index in [2.05, 4.69) is 69.3 Å². The molecule has 1 aliphatic rings. The van der Waals surface area contributed by atoms with E-state index in [0.717, 1.165) is 48.5 Å². The summed E-state index contributed by atoms with van der Waals surface area (Å²) < 4.78 is 0. The van der Waals surface area contributed by atoms with E-state index in [4.69, 9.17) is 0 Å². The average molecular weight is 554 g/mol. The van der Waals surface area contributed by atoms with E-state index in [-0.39, 0.29) is 23.9 Å². The number of aromatic nitrogens is 3. The van der Waals surface area contributed by atoms with Crippen molar-refractivity contribution >= 4 is 34.4 Å². The van der Waals surface area contributed by atoms with Crippen molar-refractivity contribution in [2.45, 2.75) is 45.7 Å². The van der Waals surface area contributed by atoms with Crippen LogP contribution in [0.25, 0.3) is 11.0 Å². The number of carbonyl (C=O) groups excluding carboxylic acids is 2. The van der Waals surface area contributed by atoms with Gasteiger partial charge in [-0.2, -0.15) is 0 Å². The zero-order valence-electron chi connectivity index (χ0n) is 24.1. The number of anilines is 2. The molecule has 5 rings (SSSR count). The van der Waals surface area contributed by atoms with Crippen LogP contribution in [-0.2, 0) is 11.2 Å². The third-order valence-corrected chi connectivity index (χ3v) is 7.83. The molecule has 0 radical (unpaired) electrons. The van der Waals surface area contributed by atoms with Crippen molar-refractivity contribution in [1.29, 1.82) is 0 Å². The van der Waals surface area contributed by atoms with Crippen LogP contribution in [0.2, 0.25) is 0 Å². The summed E-state index contributed by atoms with van der Waals surface area (Å²) in [5.41, 5.74) is 3.58. The molecule has 2 aromatic heterocycles. The molecule has 2 unspecified atom stereocenters. The minimum atomic E-state index is -0.0920. The van der Waals surface area contributed by atoms with E-state index < -0.39 is 0 Å². The number of piperazine rings is 1. The largest absolute Gasteiger partial charge is 0.355 e. The number of fused-ring (bicyclic) bond motifs is 1. The summed E-state index contributed by atoms with van der Waals surface area (Å²) in [6.07, 6.45) is 5.52. The lowest BCUT2D eigenvalue weighted by molar-refractivity contribution is -0.118. The number of nitrogens with zero attached hydrogens (tertiary/aromatic N) is 5. The number of benzene rings is 2. The van der Waals surface area contributed by atoms with Gasteiger partial charge >= 0.3 is 0 Å². The molecule has 41 heavy (non-hydrogen) atoms. The van der Waals surface area contributed by atoms with Gasteiger partial charge in [0.15, 0.2) is 0 Å². The molecule has 3 heterocycles. The first-order chi connectivity index (χ1) is 19.9. The maximum absolute atomic E-state index is 13.8. The highest BCUT2D eigenvalue weighted by atomic mass is 16.2. The van der Waals surface area contributed by atoms with Crippen LogP contribution in [0.3, 0.4) is 0 Å². The van der Waals surface area contributed by atoms with Crippen LogP contribution in [0.15, 0.2) is 73.2 Å². The topological polar surface area (TPSA) is 97.5 Å². The normalized spacial score (nSPS) is 17.5. The Kier molecular flexibility index (Phi) is 8.94. The van der Waals surface area contributed by atoms with Crippen molar-refractivity contribution < 1.29 is 9.59 Å². The highest BCUT2D eigenvalue weighted by Gasteiger charge is 2.32. The first-order valence-corrected chi connectivity index (χ1v) is 14.4. The molecule has 2 atom stereocenters. The number of nitrogens with one attached hydrogen (secondary N) is 2. The Morgan fingerprint density at radius 2 is 1.85 bits per heavy atom. The van der Waals surface area contributed by atoms with Gasteiger partial charge in [0, 0.05) is 62.6 Å². The first kappa shape index (κ1) is 28.3. The highest BCUT2D eigenvalue weighted by Crippen LogP contribution is 2.30. The Morgan fingerprint density at radius 1 is 1.02 bits per heavy atom. The van der Waals surface area contributed by atoms with Gasteiger partial charge in [-0.25, -0.2) is 9.97 Å². The van der Waals surface area contributed by atoms with E-state index in [1.165, 1.54) is 18.8 Å². The molecule has 214 valence electrons. The third kappa shape index (κ3) is 6.74. The number of H-pyrrole nitrogens is 1. The lowest BCUT2D eigenvalue weighted by Crippen LogP contribution is -2.58. The molecule has 9 nitrogen and oxygen atoms in total. The Labute approximate surface area is 241 Å². The smallest absolute Gasteiger partial charge is 0.254 e.